The van der Waals surface area contributed by atoms with Crippen LogP contribution in [0.5, 0.6) is 0 Å². The maximum absolute atomic E-state index is 13.2. The van der Waals surface area contributed by atoms with Gasteiger partial charge < -0.3 is 5.11 Å². The van der Waals surface area contributed by atoms with Gasteiger partial charge in [0.1, 0.15) is 10.8 Å². The van der Waals surface area contributed by atoms with Gasteiger partial charge >= 0.3 is 12.1 Å². The number of benzene rings is 1. The number of carboxylic acids is 1. The van der Waals surface area contributed by atoms with Crippen LogP contribution in [0, 0.1) is 5.82 Å². The molecule has 0 bridgehead atoms. The van der Waals surface area contributed by atoms with Crippen LogP contribution in [0.25, 0.3) is 0 Å². The molecule has 1 N–H and O–H groups in total. The first-order valence-corrected chi connectivity index (χ1v) is 6.33. The Kier molecular flexibility index (Phi) is 4.17. The highest BCUT2D eigenvalue weighted by Crippen LogP contribution is 2.32. The number of carboxylic acid groups (broad SMARTS) is 1. The van der Waals surface area contributed by atoms with Crippen LogP contribution in [0.4, 0.5) is 17.6 Å². The molecule has 0 atom stereocenters. The highest BCUT2D eigenvalue weighted by molar-refractivity contribution is 7.99. The minimum Gasteiger partial charge on any atom is -0.478 e. The molecule has 21 heavy (non-hydrogen) atoms. The molecule has 0 radical (unpaired) electrons. The van der Waals surface area contributed by atoms with Gasteiger partial charge in [0, 0.05) is 11.1 Å². The fourth-order valence-electron chi connectivity index (χ4n) is 1.46. The Morgan fingerprint density at radius 2 is 1.90 bits per heavy atom. The van der Waals surface area contributed by atoms with Gasteiger partial charge in [-0.1, -0.05) is 11.8 Å². The van der Waals surface area contributed by atoms with E-state index in [1.165, 1.54) is 6.07 Å². The van der Waals surface area contributed by atoms with E-state index in [0.717, 1.165) is 36.0 Å². The molecule has 0 fully saturated rings. The van der Waals surface area contributed by atoms with Crippen LogP contribution in [0.3, 0.4) is 0 Å². The molecule has 0 saturated carbocycles. The molecule has 1 aromatic carbocycles. The van der Waals surface area contributed by atoms with Crippen LogP contribution in [-0.2, 0) is 6.18 Å². The quantitative estimate of drug-likeness (QED) is 0.866. The zero-order valence-electron chi connectivity index (χ0n) is 10.2. The van der Waals surface area contributed by atoms with Crippen LogP contribution < -0.4 is 0 Å². The van der Waals surface area contributed by atoms with Crippen LogP contribution in [0.1, 0.15) is 15.9 Å². The van der Waals surface area contributed by atoms with Crippen molar-refractivity contribution >= 4 is 17.7 Å². The topological polar surface area (TPSA) is 50.2 Å². The lowest BCUT2D eigenvalue weighted by molar-refractivity contribution is -0.137. The number of hydrogen-bond acceptors (Lipinski definition) is 3. The predicted molar refractivity (Wildman–Crippen MR) is 66.7 cm³/mol. The van der Waals surface area contributed by atoms with E-state index in [1.807, 2.05) is 0 Å². The lowest BCUT2D eigenvalue weighted by atomic mass is 10.2. The van der Waals surface area contributed by atoms with Gasteiger partial charge in [0.05, 0.1) is 11.1 Å². The molecule has 0 spiro atoms. The Morgan fingerprint density at radius 3 is 2.43 bits per heavy atom. The Labute approximate surface area is 120 Å². The van der Waals surface area contributed by atoms with E-state index < -0.39 is 29.1 Å². The number of rotatable bonds is 3. The second-order valence-corrected chi connectivity index (χ2v) is 5.03. The number of hydrogen-bond donors (Lipinski definition) is 1. The van der Waals surface area contributed by atoms with Gasteiger partial charge in [-0.3, -0.25) is 0 Å². The van der Waals surface area contributed by atoms with E-state index in [-0.39, 0.29) is 5.03 Å². The monoisotopic (exact) mass is 317 g/mol. The largest absolute Gasteiger partial charge is 0.478 e. The number of pyridine rings is 1. The summed E-state index contributed by atoms with van der Waals surface area (Å²) in [6.45, 7) is 0. The van der Waals surface area contributed by atoms with Gasteiger partial charge in [-0.05, 0) is 30.3 Å². The molecule has 1 heterocycles. The molecular weight excluding hydrogens is 310 g/mol. The molecule has 0 aliphatic rings. The maximum atomic E-state index is 13.2. The van der Waals surface area contributed by atoms with Gasteiger partial charge in [0.2, 0.25) is 0 Å². The van der Waals surface area contributed by atoms with E-state index in [9.17, 15) is 22.4 Å². The van der Waals surface area contributed by atoms with Crippen LogP contribution >= 0.6 is 11.8 Å². The van der Waals surface area contributed by atoms with Gasteiger partial charge in [-0.15, -0.1) is 0 Å². The lowest BCUT2D eigenvalue weighted by Gasteiger charge is -2.07. The summed E-state index contributed by atoms with van der Waals surface area (Å²) in [5.41, 5.74) is -1.39. The third kappa shape index (κ3) is 3.72. The third-order valence-corrected chi connectivity index (χ3v) is 3.39. The first-order chi connectivity index (χ1) is 9.77. The van der Waals surface area contributed by atoms with Crippen molar-refractivity contribution in [1.82, 2.24) is 4.98 Å². The Balaban J connectivity index is 2.22. The molecule has 2 rings (SSSR count). The van der Waals surface area contributed by atoms with Crippen molar-refractivity contribution in [3.05, 3.63) is 53.5 Å². The summed E-state index contributed by atoms with van der Waals surface area (Å²) < 4.78 is 50.3. The smallest absolute Gasteiger partial charge is 0.417 e. The van der Waals surface area contributed by atoms with E-state index in [1.54, 1.807) is 0 Å². The van der Waals surface area contributed by atoms with Crippen molar-refractivity contribution in [2.45, 2.75) is 16.1 Å². The van der Waals surface area contributed by atoms with Gasteiger partial charge in [-0.2, -0.15) is 13.2 Å². The number of nitrogens with zero attached hydrogens (tertiary/aromatic N) is 1. The van der Waals surface area contributed by atoms with E-state index in [4.69, 9.17) is 5.11 Å². The predicted octanol–water partition coefficient (Wildman–Crippen LogP) is 4.09. The summed E-state index contributed by atoms with van der Waals surface area (Å²) in [6, 6.07) is 5.44. The van der Waals surface area contributed by atoms with E-state index >= 15 is 0 Å². The number of aromatic nitrogens is 1. The molecule has 3 nitrogen and oxygen atoms in total. The average molecular weight is 317 g/mol. The summed E-state index contributed by atoms with van der Waals surface area (Å²) in [6.07, 6.45) is -3.79. The molecule has 110 valence electrons. The van der Waals surface area contributed by atoms with Crippen LogP contribution in [0.2, 0.25) is 0 Å². The summed E-state index contributed by atoms with van der Waals surface area (Å²) in [4.78, 5) is 14.8. The van der Waals surface area contributed by atoms with Gasteiger partial charge in [0.25, 0.3) is 0 Å². The highest BCUT2D eigenvalue weighted by atomic mass is 32.2. The molecule has 1 aromatic heterocycles. The second kappa shape index (κ2) is 5.72. The van der Waals surface area contributed by atoms with Crippen molar-refractivity contribution < 1.29 is 27.5 Å². The molecule has 2 aromatic rings. The van der Waals surface area contributed by atoms with Gasteiger partial charge in [-0.25, -0.2) is 14.2 Å². The molecule has 0 unspecified atom stereocenters. The molecule has 0 aliphatic heterocycles. The summed E-state index contributed by atoms with van der Waals surface area (Å²) >= 11 is 0.939. The first kappa shape index (κ1) is 15.3. The van der Waals surface area contributed by atoms with Gasteiger partial charge in [0.15, 0.2) is 0 Å². The SMILES string of the molecule is O=C(O)c1cc(Sc2ccc(C(F)(F)F)cn2)ccc1F. The van der Waals surface area contributed by atoms with Crippen molar-refractivity contribution in [2.24, 2.45) is 0 Å². The fraction of sp³-hybridized carbons (Fsp3) is 0.0769. The fourth-order valence-corrected chi connectivity index (χ4v) is 2.26. The van der Waals surface area contributed by atoms with Crippen LogP contribution in [-0.4, -0.2) is 16.1 Å². The molecule has 0 saturated heterocycles. The summed E-state index contributed by atoms with van der Waals surface area (Å²) in [5.74, 6) is -2.30. The second-order valence-electron chi connectivity index (χ2n) is 3.93. The van der Waals surface area contributed by atoms with Crippen molar-refractivity contribution in [3.63, 3.8) is 0 Å². The zero-order chi connectivity index (χ0) is 15.6. The molecule has 0 aliphatic carbocycles. The Bertz CT molecular complexity index is 671. The molecule has 0 amide bonds. The standard InChI is InChI=1S/C13H7F4NO2S/c14-10-3-2-8(5-9(10)12(19)20)21-11-4-1-7(6-18-11)13(15,16)17/h1-6H,(H,19,20). The minimum absolute atomic E-state index is 0.242. The average Bonchev–Trinajstić information content (AvgIpc) is 2.40. The summed E-state index contributed by atoms with van der Waals surface area (Å²) in [7, 11) is 0. The van der Waals surface area contributed by atoms with Crippen LogP contribution in [0.15, 0.2) is 46.5 Å². The summed E-state index contributed by atoms with van der Waals surface area (Å²) in [5, 5.41) is 9.03. The first-order valence-electron chi connectivity index (χ1n) is 5.51. The number of alkyl halides is 3. The zero-order valence-corrected chi connectivity index (χ0v) is 11.0. The van der Waals surface area contributed by atoms with E-state index in [0.29, 0.717) is 11.1 Å². The third-order valence-electron chi connectivity index (χ3n) is 2.45. The van der Waals surface area contributed by atoms with E-state index in [2.05, 4.69) is 4.98 Å². The number of aromatic carboxylic acids is 1. The molecule has 8 heteroatoms. The van der Waals surface area contributed by atoms with Crippen molar-refractivity contribution in [3.8, 4) is 0 Å². The molecular formula is C13H7F4NO2S. The maximum Gasteiger partial charge on any atom is 0.417 e. The number of carbonyl (C=O) groups is 1. The minimum atomic E-state index is -4.47. The number of halogens is 4. The van der Waals surface area contributed by atoms with Crippen molar-refractivity contribution in [2.75, 3.05) is 0 Å². The van der Waals surface area contributed by atoms with Crippen molar-refractivity contribution in [1.29, 1.82) is 0 Å². The lowest BCUT2D eigenvalue weighted by Crippen LogP contribution is -2.05. The normalized spacial score (nSPS) is 11.4. The Morgan fingerprint density at radius 1 is 1.19 bits per heavy atom. The Hall–Kier alpha value is -2.09. The highest BCUT2D eigenvalue weighted by Gasteiger charge is 2.30.